The van der Waals surface area contributed by atoms with Gasteiger partial charge in [-0.3, -0.25) is 9.89 Å². The van der Waals surface area contributed by atoms with Crippen LogP contribution in [0.2, 0.25) is 0 Å². The van der Waals surface area contributed by atoms with Gasteiger partial charge in [-0.05, 0) is 18.6 Å². The van der Waals surface area contributed by atoms with Crippen molar-refractivity contribution >= 4 is 11.6 Å². The number of piperazine rings is 1. The van der Waals surface area contributed by atoms with Crippen LogP contribution in [0, 0.1) is 0 Å². The van der Waals surface area contributed by atoms with E-state index in [9.17, 15) is 13.2 Å². The average molecular weight is 399 g/mol. The molecule has 156 valence electrons. The molecule has 2 saturated heterocycles. The molecule has 2 fully saturated rings. The van der Waals surface area contributed by atoms with Crippen molar-refractivity contribution in [2.24, 2.45) is 4.99 Å². The van der Waals surface area contributed by atoms with E-state index in [1.165, 1.54) is 4.90 Å². The van der Waals surface area contributed by atoms with Gasteiger partial charge < -0.3 is 19.9 Å². The quantitative estimate of drug-likeness (QED) is 0.620. The minimum Gasteiger partial charge on any atom is -0.497 e. The summed E-state index contributed by atoms with van der Waals surface area (Å²) in [6.45, 7) is 3.30. The van der Waals surface area contributed by atoms with Crippen LogP contribution in [0.25, 0.3) is 0 Å². The number of guanidine groups is 1. The lowest BCUT2D eigenvalue weighted by Crippen LogP contribution is -2.54. The number of methoxy groups -OCH3 is 1. The van der Waals surface area contributed by atoms with Crippen LogP contribution in [-0.2, 0) is 0 Å². The summed E-state index contributed by atoms with van der Waals surface area (Å²) in [7, 11) is 3.38. The van der Waals surface area contributed by atoms with Gasteiger partial charge in [-0.15, -0.1) is 0 Å². The second-order valence-electron chi connectivity index (χ2n) is 7.20. The summed E-state index contributed by atoms with van der Waals surface area (Å²) in [6.07, 6.45) is -3.45. The highest BCUT2D eigenvalue weighted by molar-refractivity contribution is 5.80. The normalized spacial score (nSPS) is 21.9. The Bertz CT molecular complexity index is 674. The molecule has 0 bridgehead atoms. The SMILES string of the molecule is CN=C(NC1CCN(CC(F)(F)F)C1)N1CCN(c2cccc(OC)c2)CC1. The number of halogens is 3. The summed E-state index contributed by atoms with van der Waals surface area (Å²) in [6, 6.07) is 8.00. The van der Waals surface area contributed by atoms with Crippen molar-refractivity contribution in [2.45, 2.75) is 18.6 Å². The van der Waals surface area contributed by atoms with Gasteiger partial charge >= 0.3 is 6.18 Å². The molecule has 0 radical (unpaired) electrons. The summed E-state index contributed by atoms with van der Waals surface area (Å²) in [5.74, 6) is 1.60. The summed E-state index contributed by atoms with van der Waals surface area (Å²) >= 11 is 0. The Morgan fingerprint density at radius 1 is 1.21 bits per heavy atom. The molecule has 0 spiro atoms. The Morgan fingerprint density at radius 2 is 1.96 bits per heavy atom. The number of ether oxygens (including phenoxy) is 1. The number of nitrogens with one attached hydrogen (secondary N) is 1. The van der Waals surface area contributed by atoms with Crippen molar-refractivity contribution in [3.8, 4) is 5.75 Å². The highest BCUT2D eigenvalue weighted by Crippen LogP contribution is 2.23. The molecule has 2 heterocycles. The van der Waals surface area contributed by atoms with E-state index in [4.69, 9.17) is 4.74 Å². The molecule has 3 rings (SSSR count). The van der Waals surface area contributed by atoms with Crippen molar-refractivity contribution in [3.63, 3.8) is 0 Å². The van der Waals surface area contributed by atoms with Gasteiger partial charge in [-0.25, -0.2) is 0 Å². The predicted octanol–water partition coefficient (Wildman–Crippen LogP) is 2.03. The Morgan fingerprint density at radius 3 is 2.61 bits per heavy atom. The first-order chi connectivity index (χ1) is 13.4. The van der Waals surface area contributed by atoms with E-state index in [0.717, 1.165) is 43.6 Å². The fourth-order valence-electron chi connectivity index (χ4n) is 3.81. The van der Waals surface area contributed by atoms with Gasteiger partial charge in [0, 0.05) is 64.1 Å². The van der Waals surface area contributed by atoms with E-state index in [-0.39, 0.29) is 6.04 Å². The molecule has 2 aliphatic heterocycles. The van der Waals surface area contributed by atoms with Gasteiger partial charge in [0.15, 0.2) is 5.96 Å². The molecule has 2 aliphatic rings. The number of nitrogens with zero attached hydrogens (tertiary/aromatic N) is 4. The Kier molecular flexibility index (Phi) is 6.53. The van der Waals surface area contributed by atoms with Crippen LogP contribution in [0.1, 0.15) is 6.42 Å². The molecule has 6 nitrogen and oxygen atoms in total. The smallest absolute Gasteiger partial charge is 0.401 e. The maximum absolute atomic E-state index is 12.6. The molecule has 0 amide bonds. The van der Waals surface area contributed by atoms with E-state index in [1.807, 2.05) is 18.2 Å². The van der Waals surface area contributed by atoms with Crippen LogP contribution in [0.3, 0.4) is 0 Å². The zero-order valence-electron chi connectivity index (χ0n) is 16.4. The Labute approximate surface area is 163 Å². The maximum atomic E-state index is 12.6. The Balaban J connectivity index is 1.50. The van der Waals surface area contributed by atoms with Crippen LogP contribution in [0.15, 0.2) is 29.3 Å². The average Bonchev–Trinajstić information content (AvgIpc) is 3.11. The molecule has 9 heteroatoms. The molecular weight excluding hydrogens is 371 g/mol. The number of hydrogen-bond donors (Lipinski definition) is 1. The molecular formula is C19H28F3N5O. The van der Waals surface area contributed by atoms with Gasteiger partial charge in [0.1, 0.15) is 5.75 Å². The van der Waals surface area contributed by atoms with Crippen LogP contribution in [-0.4, -0.2) is 87.9 Å². The second-order valence-corrected chi connectivity index (χ2v) is 7.20. The molecule has 1 unspecified atom stereocenters. The first kappa shape index (κ1) is 20.6. The van der Waals surface area contributed by atoms with Crippen LogP contribution in [0.5, 0.6) is 5.75 Å². The van der Waals surface area contributed by atoms with E-state index >= 15 is 0 Å². The number of aliphatic imine (C=N–C) groups is 1. The van der Waals surface area contributed by atoms with Gasteiger partial charge in [0.25, 0.3) is 0 Å². The van der Waals surface area contributed by atoms with Crippen molar-refractivity contribution in [3.05, 3.63) is 24.3 Å². The molecule has 1 atom stereocenters. The maximum Gasteiger partial charge on any atom is 0.401 e. The predicted molar refractivity (Wildman–Crippen MR) is 104 cm³/mol. The minimum absolute atomic E-state index is 0.00235. The van der Waals surface area contributed by atoms with Crippen LogP contribution < -0.4 is 15.0 Å². The second kappa shape index (κ2) is 8.89. The number of benzene rings is 1. The molecule has 1 aromatic rings. The van der Waals surface area contributed by atoms with Crippen molar-refractivity contribution < 1.29 is 17.9 Å². The third kappa shape index (κ3) is 5.43. The monoisotopic (exact) mass is 399 g/mol. The summed E-state index contributed by atoms with van der Waals surface area (Å²) in [5.41, 5.74) is 1.13. The third-order valence-corrected chi connectivity index (χ3v) is 5.22. The number of rotatable bonds is 4. The molecule has 1 aromatic carbocycles. The first-order valence-corrected chi connectivity index (χ1v) is 9.54. The van der Waals surface area contributed by atoms with Crippen LogP contribution >= 0.6 is 0 Å². The van der Waals surface area contributed by atoms with E-state index < -0.39 is 12.7 Å². The number of anilines is 1. The molecule has 0 aliphatic carbocycles. The largest absolute Gasteiger partial charge is 0.497 e. The zero-order valence-corrected chi connectivity index (χ0v) is 16.4. The molecule has 0 aromatic heterocycles. The summed E-state index contributed by atoms with van der Waals surface area (Å²) in [4.78, 5) is 10.3. The minimum atomic E-state index is -4.15. The van der Waals surface area contributed by atoms with Gasteiger partial charge in [-0.1, -0.05) is 6.07 Å². The van der Waals surface area contributed by atoms with Gasteiger partial charge in [0.05, 0.1) is 13.7 Å². The zero-order chi connectivity index (χ0) is 20.1. The number of likely N-dealkylation sites (tertiary alicyclic amines) is 1. The van der Waals surface area contributed by atoms with Crippen molar-refractivity contribution in [1.29, 1.82) is 0 Å². The fourth-order valence-corrected chi connectivity index (χ4v) is 3.81. The standard InChI is InChI=1S/C19H28F3N5O/c1-23-18(24-15-6-7-25(13-15)14-19(20,21)22)27-10-8-26(9-11-27)16-4-3-5-17(12-16)28-2/h3-5,12,15H,6-11,13-14H2,1-2H3,(H,23,24). The topological polar surface area (TPSA) is 43.3 Å². The Hall–Kier alpha value is -2.16. The van der Waals surface area contributed by atoms with E-state index in [2.05, 4.69) is 26.2 Å². The highest BCUT2D eigenvalue weighted by Gasteiger charge is 2.35. The lowest BCUT2D eigenvalue weighted by Gasteiger charge is -2.38. The van der Waals surface area contributed by atoms with E-state index in [0.29, 0.717) is 19.5 Å². The third-order valence-electron chi connectivity index (χ3n) is 5.22. The van der Waals surface area contributed by atoms with Gasteiger partial charge in [0.2, 0.25) is 0 Å². The van der Waals surface area contributed by atoms with Crippen molar-refractivity contribution in [1.82, 2.24) is 15.1 Å². The highest BCUT2D eigenvalue weighted by atomic mass is 19.4. The fraction of sp³-hybridized carbons (Fsp3) is 0.632. The number of hydrogen-bond acceptors (Lipinski definition) is 4. The molecule has 1 N–H and O–H groups in total. The van der Waals surface area contributed by atoms with E-state index in [1.54, 1.807) is 14.2 Å². The molecule has 28 heavy (non-hydrogen) atoms. The van der Waals surface area contributed by atoms with Crippen molar-refractivity contribution in [2.75, 3.05) is 64.9 Å². The summed E-state index contributed by atoms with van der Waals surface area (Å²) in [5, 5.41) is 3.35. The van der Waals surface area contributed by atoms with Crippen LogP contribution in [0.4, 0.5) is 18.9 Å². The first-order valence-electron chi connectivity index (χ1n) is 9.54. The summed E-state index contributed by atoms with van der Waals surface area (Å²) < 4.78 is 43.0. The lowest BCUT2D eigenvalue weighted by molar-refractivity contribution is -0.143. The van der Waals surface area contributed by atoms with Gasteiger partial charge in [-0.2, -0.15) is 13.2 Å². The molecule has 0 saturated carbocycles. The lowest BCUT2D eigenvalue weighted by atomic mass is 10.2. The number of alkyl halides is 3.